The van der Waals surface area contributed by atoms with Crippen LogP contribution in [-0.2, 0) is 11.2 Å². The van der Waals surface area contributed by atoms with E-state index in [9.17, 15) is 9.59 Å². The quantitative estimate of drug-likeness (QED) is 0.446. The standard InChI is InChI=1S/C23H23N5O3S/c1-4-17-15(3)24-23(26-22(17)30)28-20(12-18(27-28)19-9-6-10-32-19)25-21(29)13-31-16-8-5-7-14(2)11-16/h5-12H,4,13H2,1-3H3,(H,25,29)(H,24,26,30). The Balaban J connectivity index is 1.63. The maximum Gasteiger partial charge on any atom is 0.263 e. The van der Waals surface area contributed by atoms with Crippen LogP contribution in [0.1, 0.15) is 23.7 Å². The van der Waals surface area contributed by atoms with Gasteiger partial charge >= 0.3 is 0 Å². The Hall–Kier alpha value is -3.72. The number of nitrogens with zero attached hydrogens (tertiary/aromatic N) is 3. The van der Waals surface area contributed by atoms with Gasteiger partial charge in [0.2, 0.25) is 5.95 Å². The Morgan fingerprint density at radius 3 is 2.75 bits per heavy atom. The molecule has 1 aromatic carbocycles. The van der Waals surface area contributed by atoms with Gasteiger partial charge < -0.3 is 10.1 Å². The van der Waals surface area contributed by atoms with Gasteiger partial charge in [-0.3, -0.25) is 14.6 Å². The van der Waals surface area contributed by atoms with Crippen molar-refractivity contribution in [3.8, 4) is 22.3 Å². The molecule has 3 aromatic heterocycles. The van der Waals surface area contributed by atoms with E-state index in [0.29, 0.717) is 34.9 Å². The summed E-state index contributed by atoms with van der Waals surface area (Å²) in [5.41, 5.74) is 2.73. The summed E-state index contributed by atoms with van der Waals surface area (Å²) in [5, 5.41) is 9.35. The van der Waals surface area contributed by atoms with Crippen LogP contribution < -0.4 is 15.6 Å². The highest BCUT2D eigenvalue weighted by Gasteiger charge is 2.17. The molecule has 0 saturated carbocycles. The molecule has 0 saturated heterocycles. The number of H-pyrrole nitrogens is 1. The van der Waals surface area contributed by atoms with E-state index < -0.39 is 0 Å². The van der Waals surface area contributed by atoms with E-state index in [2.05, 4.69) is 20.4 Å². The fourth-order valence-electron chi connectivity index (χ4n) is 3.32. The summed E-state index contributed by atoms with van der Waals surface area (Å²) in [5.74, 6) is 0.889. The Kier molecular flexibility index (Phi) is 6.18. The van der Waals surface area contributed by atoms with E-state index in [1.54, 1.807) is 19.1 Å². The molecule has 0 aliphatic carbocycles. The first-order valence-corrected chi connectivity index (χ1v) is 11.1. The molecule has 4 aromatic rings. The molecule has 164 valence electrons. The number of rotatable bonds is 7. The first kappa shape index (κ1) is 21.5. The van der Waals surface area contributed by atoms with Crippen molar-refractivity contribution in [1.82, 2.24) is 19.7 Å². The number of anilines is 1. The Morgan fingerprint density at radius 2 is 2.06 bits per heavy atom. The van der Waals surface area contributed by atoms with Crippen molar-refractivity contribution < 1.29 is 9.53 Å². The molecule has 2 N–H and O–H groups in total. The number of aromatic nitrogens is 4. The summed E-state index contributed by atoms with van der Waals surface area (Å²) < 4.78 is 7.04. The van der Waals surface area contributed by atoms with Crippen molar-refractivity contribution in [2.75, 3.05) is 11.9 Å². The number of benzene rings is 1. The van der Waals surface area contributed by atoms with E-state index in [4.69, 9.17) is 4.74 Å². The maximum absolute atomic E-state index is 12.6. The summed E-state index contributed by atoms with van der Waals surface area (Å²) in [7, 11) is 0. The van der Waals surface area contributed by atoms with E-state index in [-0.39, 0.29) is 24.0 Å². The van der Waals surface area contributed by atoms with Crippen LogP contribution in [0.2, 0.25) is 0 Å². The molecule has 0 radical (unpaired) electrons. The molecule has 0 spiro atoms. The summed E-state index contributed by atoms with van der Waals surface area (Å²) >= 11 is 1.53. The van der Waals surface area contributed by atoms with Crippen LogP contribution in [0.25, 0.3) is 16.5 Å². The second kappa shape index (κ2) is 9.19. The normalized spacial score (nSPS) is 10.8. The number of hydrogen-bond donors (Lipinski definition) is 2. The van der Waals surface area contributed by atoms with E-state index in [0.717, 1.165) is 10.4 Å². The van der Waals surface area contributed by atoms with Crippen LogP contribution in [-0.4, -0.2) is 32.3 Å². The predicted molar refractivity (Wildman–Crippen MR) is 125 cm³/mol. The molecule has 0 aliphatic rings. The lowest BCUT2D eigenvalue weighted by atomic mass is 10.2. The minimum Gasteiger partial charge on any atom is -0.484 e. The van der Waals surface area contributed by atoms with Gasteiger partial charge in [-0.25, -0.2) is 4.98 Å². The van der Waals surface area contributed by atoms with Gasteiger partial charge in [0.25, 0.3) is 11.5 Å². The molecular weight excluding hydrogens is 426 g/mol. The van der Waals surface area contributed by atoms with Crippen molar-refractivity contribution in [1.29, 1.82) is 0 Å². The predicted octanol–water partition coefficient (Wildman–Crippen LogP) is 3.88. The third-order valence-corrected chi connectivity index (χ3v) is 5.77. The van der Waals surface area contributed by atoms with Gasteiger partial charge in [0.15, 0.2) is 6.61 Å². The zero-order chi connectivity index (χ0) is 22.7. The number of carbonyl (C=O) groups excluding carboxylic acids is 1. The Morgan fingerprint density at radius 1 is 1.22 bits per heavy atom. The molecule has 0 unspecified atom stereocenters. The average Bonchev–Trinajstić information content (AvgIpc) is 3.42. The minimum absolute atomic E-state index is 0.166. The highest BCUT2D eigenvalue weighted by atomic mass is 32.1. The lowest BCUT2D eigenvalue weighted by Gasteiger charge is -2.10. The number of carbonyl (C=O) groups is 1. The molecule has 8 nitrogen and oxygen atoms in total. The van der Waals surface area contributed by atoms with E-state index >= 15 is 0 Å². The number of hydrogen-bond acceptors (Lipinski definition) is 6. The lowest BCUT2D eigenvalue weighted by Crippen LogP contribution is -2.24. The summed E-state index contributed by atoms with van der Waals surface area (Å²) in [4.78, 5) is 33.3. The van der Waals surface area contributed by atoms with Crippen LogP contribution in [0.5, 0.6) is 5.75 Å². The molecule has 0 fully saturated rings. The maximum atomic E-state index is 12.6. The SMILES string of the molecule is CCc1c(C)nc(-n2nc(-c3cccs3)cc2NC(=O)COc2cccc(C)c2)[nH]c1=O. The fraction of sp³-hybridized carbons (Fsp3) is 0.217. The van der Waals surface area contributed by atoms with Crippen LogP contribution in [0.4, 0.5) is 5.82 Å². The highest BCUT2D eigenvalue weighted by molar-refractivity contribution is 7.13. The van der Waals surface area contributed by atoms with Crippen molar-refractivity contribution in [2.24, 2.45) is 0 Å². The largest absolute Gasteiger partial charge is 0.484 e. The molecule has 0 aliphatic heterocycles. The van der Waals surface area contributed by atoms with E-state index in [1.165, 1.54) is 16.0 Å². The van der Waals surface area contributed by atoms with Crippen LogP contribution in [0.3, 0.4) is 0 Å². The number of ether oxygens (including phenoxy) is 1. The topological polar surface area (TPSA) is 102 Å². The third-order valence-electron chi connectivity index (χ3n) is 4.87. The van der Waals surface area contributed by atoms with Gasteiger partial charge in [-0.05, 0) is 49.4 Å². The van der Waals surface area contributed by atoms with Gasteiger partial charge in [-0.1, -0.05) is 25.1 Å². The van der Waals surface area contributed by atoms with Gasteiger partial charge in [0.1, 0.15) is 17.3 Å². The van der Waals surface area contributed by atoms with Crippen molar-refractivity contribution in [2.45, 2.75) is 27.2 Å². The van der Waals surface area contributed by atoms with Gasteiger partial charge in [0, 0.05) is 17.3 Å². The smallest absolute Gasteiger partial charge is 0.263 e. The second-order valence-corrected chi connectivity index (χ2v) is 8.21. The van der Waals surface area contributed by atoms with Crippen LogP contribution >= 0.6 is 11.3 Å². The number of aryl methyl sites for hydroxylation is 2. The molecule has 1 amide bonds. The van der Waals surface area contributed by atoms with Gasteiger partial charge in [-0.2, -0.15) is 9.78 Å². The first-order valence-electron chi connectivity index (χ1n) is 10.2. The Labute approximate surface area is 188 Å². The van der Waals surface area contributed by atoms with E-state index in [1.807, 2.05) is 49.6 Å². The Bertz CT molecular complexity index is 1310. The molecule has 9 heteroatoms. The minimum atomic E-state index is -0.352. The number of aromatic amines is 1. The molecule has 0 atom stereocenters. The molecule has 32 heavy (non-hydrogen) atoms. The highest BCUT2D eigenvalue weighted by Crippen LogP contribution is 2.27. The van der Waals surface area contributed by atoms with Gasteiger partial charge in [-0.15, -0.1) is 11.3 Å². The fourth-order valence-corrected chi connectivity index (χ4v) is 4.00. The first-order chi connectivity index (χ1) is 15.4. The number of amides is 1. The van der Waals surface area contributed by atoms with Crippen molar-refractivity contribution in [3.63, 3.8) is 0 Å². The number of nitrogens with one attached hydrogen (secondary N) is 2. The zero-order valence-corrected chi connectivity index (χ0v) is 18.8. The van der Waals surface area contributed by atoms with Crippen LogP contribution in [0.15, 0.2) is 52.6 Å². The zero-order valence-electron chi connectivity index (χ0n) is 18.0. The molecule has 3 heterocycles. The summed E-state index contributed by atoms with van der Waals surface area (Å²) in [6, 6.07) is 13.1. The molecular formula is C23H23N5O3S. The third kappa shape index (κ3) is 4.62. The van der Waals surface area contributed by atoms with Crippen molar-refractivity contribution in [3.05, 3.63) is 75.0 Å². The summed E-state index contributed by atoms with van der Waals surface area (Å²) in [6.45, 7) is 5.48. The second-order valence-electron chi connectivity index (χ2n) is 7.26. The lowest BCUT2D eigenvalue weighted by molar-refractivity contribution is -0.118. The van der Waals surface area contributed by atoms with Gasteiger partial charge in [0.05, 0.1) is 4.88 Å². The number of thiophene rings is 1. The molecule has 0 bridgehead atoms. The van der Waals surface area contributed by atoms with Crippen LogP contribution in [0, 0.1) is 13.8 Å². The monoisotopic (exact) mass is 449 g/mol. The summed E-state index contributed by atoms with van der Waals surface area (Å²) in [6.07, 6.45) is 0.577. The molecule has 4 rings (SSSR count). The van der Waals surface area contributed by atoms with Crippen molar-refractivity contribution >= 4 is 23.1 Å². The average molecular weight is 450 g/mol.